The van der Waals surface area contributed by atoms with Crippen molar-refractivity contribution < 1.29 is 23.1 Å². The minimum absolute atomic E-state index is 0.00107. The third kappa shape index (κ3) is 4.33. The first-order chi connectivity index (χ1) is 13.0. The summed E-state index contributed by atoms with van der Waals surface area (Å²) in [4.78, 5) is 48.9. The Kier molecular flexibility index (Phi) is 6.12. The van der Waals surface area contributed by atoms with Crippen molar-refractivity contribution in [2.75, 3.05) is 12.3 Å². The molecule has 0 saturated heterocycles. The molecule has 0 saturated carbocycles. The number of ether oxygens (including phenoxy) is 1. The SMILES string of the molecule is CC(C)Cn1c(N)c(C(=O)COC(=O)c2cc(F)cc(F)c2)c(=O)n(C)c1=O. The summed E-state index contributed by atoms with van der Waals surface area (Å²) in [7, 11) is 1.19. The van der Waals surface area contributed by atoms with Gasteiger partial charge in [-0.2, -0.15) is 0 Å². The molecule has 0 amide bonds. The number of halogens is 2. The summed E-state index contributed by atoms with van der Waals surface area (Å²) in [6.45, 7) is 2.91. The molecule has 1 aromatic heterocycles. The topological polar surface area (TPSA) is 113 Å². The van der Waals surface area contributed by atoms with Gasteiger partial charge in [0, 0.05) is 19.7 Å². The quantitative estimate of drug-likeness (QED) is 0.579. The van der Waals surface area contributed by atoms with Crippen LogP contribution in [0.1, 0.15) is 34.6 Å². The second kappa shape index (κ2) is 8.15. The molecule has 0 radical (unpaired) electrons. The van der Waals surface area contributed by atoms with Crippen molar-refractivity contribution in [2.45, 2.75) is 20.4 Å². The van der Waals surface area contributed by atoms with Crippen LogP contribution in [-0.2, 0) is 18.3 Å². The summed E-state index contributed by atoms with van der Waals surface area (Å²) in [5, 5.41) is 0. The highest BCUT2D eigenvalue weighted by Crippen LogP contribution is 2.11. The first-order valence-electron chi connectivity index (χ1n) is 8.28. The van der Waals surface area contributed by atoms with Crippen molar-refractivity contribution >= 4 is 17.6 Å². The average Bonchev–Trinajstić information content (AvgIpc) is 2.60. The molecule has 1 aromatic carbocycles. The van der Waals surface area contributed by atoms with E-state index in [9.17, 15) is 28.0 Å². The Hall–Kier alpha value is -3.30. The second-order valence-electron chi connectivity index (χ2n) is 6.57. The van der Waals surface area contributed by atoms with E-state index in [0.29, 0.717) is 6.07 Å². The molecule has 1 heterocycles. The molecule has 150 valence electrons. The maximum absolute atomic E-state index is 13.2. The third-order valence-corrected chi connectivity index (χ3v) is 3.84. The normalized spacial score (nSPS) is 10.9. The van der Waals surface area contributed by atoms with E-state index in [1.54, 1.807) is 0 Å². The molecule has 2 N–H and O–H groups in total. The van der Waals surface area contributed by atoms with Gasteiger partial charge in [0.25, 0.3) is 5.56 Å². The summed E-state index contributed by atoms with van der Waals surface area (Å²) < 4.78 is 32.9. The fourth-order valence-corrected chi connectivity index (χ4v) is 2.55. The van der Waals surface area contributed by atoms with Gasteiger partial charge in [-0.15, -0.1) is 0 Å². The summed E-state index contributed by atoms with van der Waals surface area (Å²) in [6, 6.07) is 2.06. The molecule has 0 fully saturated rings. The highest BCUT2D eigenvalue weighted by Gasteiger charge is 2.23. The number of carbonyl (C=O) groups is 2. The Morgan fingerprint density at radius 1 is 1.14 bits per heavy atom. The van der Waals surface area contributed by atoms with Gasteiger partial charge in [0.15, 0.2) is 6.61 Å². The molecule has 10 heteroatoms. The van der Waals surface area contributed by atoms with E-state index in [1.165, 1.54) is 7.05 Å². The fraction of sp³-hybridized carbons (Fsp3) is 0.333. The van der Waals surface area contributed by atoms with E-state index in [2.05, 4.69) is 0 Å². The fourth-order valence-electron chi connectivity index (χ4n) is 2.55. The van der Waals surface area contributed by atoms with Crippen LogP contribution in [0, 0.1) is 17.6 Å². The van der Waals surface area contributed by atoms with Crippen LogP contribution < -0.4 is 17.0 Å². The molecule has 0 spiro atoms. The summed E-state index contributed by atoms with van der Waals surface area (Å²) in [5.74, 6) is -4.41. The molecular weight excluding hydrogens is 376 g/mol. The lowest BCUT2D eigenvalue weighted by molar-refractivity contribution is 0.0473. The molecule has 0 aliphatic rings. The minimum atomic E-state index is -1.15. The van der Waals surface area contributed by atoms with Gasteiger partial charge >= 0.3 is 11.7 Å². The molecule has 2 aromatic rings. The van der Waals surface area contributed by atoms with Crippen LogP contribution in [0.3, 0.4) is 0 Å². The number of esters is 1. The van der Waals surface area contributed by atoms with Crippen molar-refractivity contribution in [2.24, 2.45) is 13.0 Å². The van der Waals surface area contributed by atoms with Crippen molar-refractivity contribution in [1.82, 2.24) is 9.13 Å². The van der Waals surface area contributed by atoms with Crippen LogP contribution in [0.15, 0.2) is 27.8 Å². The van der Waals surface area contributed by atoms with E-state index in [0.717, 1.165) is 21.3 Å². The Balaban J connectivity index is 2.31. The second-order valence-corrected chi connectivity index (χ2v) is 6.57. The number of nitrogens with two attached hydrogens (primary N) is 1. The predicted octanol–water partition coefficient (Wildman–Crippen LogP) is 1.10. The van der Waals surface area contributed by atoms with Gasteiger partial charge in [-0.25, -0.2) is 18.4 Å². The molecule has 0 bridgehead atoms. The number of benzene rings is 1. The monoisotopic (exact) mass is 395 g/mol. The van der Waals surface area contributed by atoms with Crippen LogP contribution in [0.4, 0.5) is 14.6 Å². The lowest BCUT2D eigenvalue weighted by Crippen LogP contribution is -2.43. The van der Waals surface area contributed by atoms with E-state index in [-0.39, 0.29) is 18.3 Å². The zero-order valence-electron chi connectivity index (χ0n) is 15.5. The number of aromatic nitrogens is 2. The van der Waals surface area contributed by atoms with Crippen LogP contribution in [0.5, 0.6) is 0 Å². The first-order valence-corrected chi connectivity index (χ1v) is 8.28. The molecule has 0 atom stereocenters. The third-order valence-electron chi connectivity index (χ3n) is 3.84. The largest absolute Gasteiger partial charge is 0.454 e. The van der Waals surface area contributed by atoms with Gasteiger partial charge < -0.3 is 10.5 Å². The number of Topliss-reactive ketones (excluding diaryl/α,β-unsaturated/α-hetero) is 1. The summed E-state index contributed by atoms with van der Waals surface area (Å²) in [6.07, 6.45) is 0. The van der Waals surface area contributed by atoms with Gasteiger partial charge in [0.2, 0.25) is 5.78 Å². The van der Waals surface area contributed by atoms with E-state index < -0.39 is 52.4 Å². The molecular formula is C18H19F2N3O5. The Morgan fingerprint density at radius 3 is 2.25 bits per heavy atom. The van der Waals surface area contributed by atoms with Crippen LogP contribution in [-0.4, -0.2) is 27.5 Å². The highest BCUT2D eigenvalue weighted by molar-refractivity contribution is 6.02. The standard InChI is InChI=1S/C18H19F2N3O5/c1-9(2)7-23-15(21)14(16(25)22(3)18(23)27)13(24)8-28-17(26)10-4-11(19)6-12(20)5-10/h4-6,9H,7-8,21H2,1-3H3. The minimum Gasteiger partial charge on any atom is -0.454 e. The maximum atomic E-state index is 13.2. The molecule has 0 aliphatic heterocycles. The molecule has 0 aliphatic carbocycles. The van der Waals surface area contributed by atoms with E-state index in [4.69, 9.17) is 10.5 Å². The Bertz CT molecular complexity index is 1040. The zero-order chi connectivity index (χ0) is 21.2. The number of nitrogen functional groups attached to an aromatic ring is 1. The van der Waals surface area contributed by atoms with Gasteiger partial charge in [-0.3, -0.25) is 18.7 Å². The first kappa shape index (κ1) is 21.0. The average molecular weight is 395 g/mol. The van der Waals surface area contributed by atoms with Gasteiger partial charge in [-0.1, -0.05) is 13.8 Å². The Morgan fingerprint density at radius 2 is 1.71 bits per heavy atom. The number of carbonyl (C=O) groups excluding carboxylic acids is 2. The number of rotatable bonds is 6. The number of ketones is 1. The van der Waals surface area contributed by atoms with Gasteiger partial charge in [-0.05, 0) is 18.1 Å². The van der Waals surface area contributed by atoms with E-state index >= 15 is 0 Å². The van der Waals surface area contributed by atoms with Gasteiger partial charge in [0.05, 0.1) is 5.56 Å². The van der Waals surface area contributed by atoms with Crippen molar-refractivity contribution in [3.8, 4) is 0 Å². The molecule has 28 heavy (non-hydrogen) atoms. The van der Waals surface area contributed by atoms with Crippen molar-refractivity contribution in [3.05, 3.63) is 61.8 Å². The Labute approximate surface area is 158 Å². The lowest BCUT2D eigenvalue weighted by Gasteiger charge is -2.16. The zero-order valence-corrected chi connectivity index (χ0v) is 15.5. The number of hydrogen-bond donors (Lipinski definition) is 1. The predicted molar refractivity (Wildman–Crippen MR) is 96.2 cm³/mol. The summed E-state index contributed by atoms with van der Waals surface area (Å²) in [5.41, 5.74) is 3.31. The maximum Gasteiger partial charge on any atom is 0.338 e. The lowest BCUT2D eigenvalue weighted by atomic mass is 10.1. The van der Waals surface area contributed by atoms with E-state index in [1.807, 2.05) is 13.8 Å². The molecule has 8 nitrogen and oxygen atoms in total. The van der Waals surface area contributed by atoms with Crippen molar-refractivity contribution in [1.29, 1.82) is 0 Å². The van der Waals surface area contributed by atoms with Crippen LogP contribution in [0.2, 0.25) is 0 Å². The van der Waals surface area contributed by atoms with Gasteiger partial charge in [0.1, 0.15) is 23.0 Å². The smallest absolute Gasteiger partial charge is 0.338 e. The highest BCUT2D eigenvalue weighted by atomic mass is 19.1. The van der Waals surface area contributed by atoms with Crippen LogP contribution >= 0.6 is 0 Å². The molecule has 0 unspecified atom stereocenters. The van der Waals surface area contributed by atoms with Crippen LogP contribution in [0.25, 0.3) is 0 Å². The summed E-state index contributed by atoms with van der Waals surface area (Å²) >= 11 is 0. The number of anilines is 1. The van der Waals surface area contributed by atoms with Crippen molar-refractivity contribution in [3.63, 3.8) is 0 Å². The molecule has 2 rings (SSSR count). The number of nitrogens with zero attached hydrogens (tertiary/aromatic N) is 2. The number of hydrogen-bond acceptors (Lipinski definition) is 6.